The van der Waals surface area contributed by atoms with Crippen molar-refractivity contribution < 1.29 is 41.8 Å². The summed E-state index contributed by atoms with van der Waals surface area (Å²) in [4.78, 5) is 53.9. The third kappa shape index (κ3) is 7.73. The van der Waals surface area contributed by atoms with Crippen LogP contribution in [0.4, 0.5) is 23.4 Å². The van der Waals surface area contributed by atoms with E-state index in [-0.39, 0.29) is 37.5 Å². The van der Waals surface area contributed by atoms with Crippen LogP contribution in [0.25, 0.3) is 5.69 Å². The van der Waals surface area contributed by atoms with Gasteiger partial charge in [-0.3, -0.25) is 24.1 Å². The van der Waals surface area contributed by atoms with Crippen LogP contribution >= 0.6 is 0 Å². The monoisotopic (exact) mass is 692 g/mol. The molecule has 0 spiro atoms. The van der Waals surface area contributed by atoms with Gasteiger partial charge < -0.3 is 21.1 Å². The predicted octanol–water partition coefficient (Wildman–Crippen LogP) is 3.61. The molecule has 1 aliphatic heterocycles. The number of likely N-dealkylation sites (N-methyl/N-ethyl adjacent to an activating group) is 1. The second-order valence-corrected chi connectivity index (χ2v) is 11.1. The summed E-state index contributed by atoms with van der Waals surface area (Å²) in [6, 6.07) is 16.4. The zero-order valence-electron chi connectivity index (χ0n) is 26.6. The number of carbonyl (C=O) groups is 4. The first kappa shape index (κ1) is 35.5. The molecular weight excluding hydrogens is 660 g/mol. The van der Waals surface area contributed by atoms with E-state index in [1.807, 2.05) is 0 Å². The number of aliphatic hydroxyl groups excluding tert-OH is 1. The van der Waals surface area contributed by atoms with Crippen molar-refractivity contribution >= 4 is 29.4 Å². The Bertz CT molecular complexity index is 1910. The van der Waals surface area contributed by atoms with Crippen molar-refractivity contribution in [3.63, 3.8) is 0 Å². The van der Waals surface area contributed by atoms with Crippen LogP contribution in [0.3, 0.4) is 0 Å². The summed E-state index contributed by atoms with van der Waals surface area (Å²) in [6.45, 7) is 1.28. The molecule has 2 atom stereocenters. The molecule has 0 aliphatic carbocycles. The molecular formula is C35H32F4N6O5. The Labute approximate surface area is 283 Å². The number of hydrogen-bond acceptors (Lipinski definition) is 6. The summed E-state index contributed by atoms with van der Waals surface area (Å²) in [5, 5.41) is 21.3. The molecule has 0 saturated heterocycles. The third-order valence-corrected chi connectivity index (χ3v) is 7.92. The molecule has 1 aliphatic rings. The Kier molecular flexibility index (Phi) is 10.8. The van der Waals surface area contributed by atoms with Crippen LogP contribution in [0.5, 0.6) is 0 Å². The minimum atomic E-state index is -4.72. The first-order valence-corrected chi connectivity index (χ1v) is 15.5. The Morgan fingerprint density at radius 1 is 0.940 bits per heavy atom. The number of benzene rings is 3. The number of nitrogens with one attached hydrogen (secondary N) is 3. The lowest BCUT2D eigenvalue weighted by atomic mass is 9.80. The molecule has 0 unspecified atom stereocenters. The van der Waals surface area contributed by atoms with E-state index in [0.29, 0.717) is 28.7 Å². The molecule has 0 saturated carbocycles. The average molecular weight is 693 g/mol. The lowest BCUT2D eigenvalue weighted by Gasteiger charge is -2.38. The second kappa shape index (κ2) is 15.2. The van der Waals surface area contributed by atoms with Gasteiger partial charge in [0.2, 0.25) is 11.8 Å². The SMILES string of the molecule is CCN1C(=O)[C@@H](NC(=O)c2cccc(C(F)(F)F)c2)[C@@H](c2ccc(F)cc2)c2c(CNC(=O)/C=C/C(=O)NCCO)nn(-c3ccccc3)c21. The number of nitrogens with zero attached hydrogens (tertiary/aromatic N) is 3. The van der Waals surface area contributed by atoms with Crippen molar-refractivity contribution in [2.24, 2.45) is 0 Å². The minimum absolute atomic E-state index is 0.00323. The van der Waals surface area contributed by atoms with Gasteiger partial charge in [0.25, 0.3) is 11.8 Å². The molecule has 11 nitrogen and oxygen atoms in total. The summed E-state index contributed by atoms with van der Waals surface area (Å²) in [5.41, 5.74) is 0.204. The minimum Gasteiger partial charge on any atom is -0.395 e. The molecule has 15 heteroatoms. The van der Waals surface area contributed by atoms with Gasteiger partial charge in [-0.25, -0.2) is 9.07 Å². The van der Waals surface area contributed by atoms with Crippen LogP contribution in [0.1, 0.15) is 45.6 Å². The summed E-state index contributed by atoms with van der Waals surface area (Å²) in [5.74, 6) is -4.12. The van der Waals surface area contributed by atoms with Crippen molar-refractivity contribution in [1.29, 1.82) is 0 Å². The van der Waals surface area contributed by atoms with Gasteiger partial charge in [-0.2, -0.15) is 18.3 Å². The molecule has 50 heavy (non-hydrogen) atoms. The lowest BCUT2D eigenvalue weighted by molar-refractivity contribution is -0.137. The molecule has 3 aromatic carbocycles. The van der Waals surface area contributed by atoms with E-state index in [9.17, 15) is 36.7 Å². The number of fused-ring (bicyclic) bond motifs is 1. The molecule has 4 amide bonds. The first-order chi connectivity index (χ1) is 23.9. The largest absolute Gasteiger partial charge is 0.416 e. The highest BCUT2D eigenvalue weighted by atomic mass is 19.4. The van der Waals surface area contributed by atoms with Gasteiger partial charge in [-0.1, -0.05) is 36.4 Å². The predicted molar refractivity (Wildman–Crippen MR) is 174 cm³/mol. The zero-order chi connectivity index (χ0) is 36.0. The highest BCUT2D eigenvalue weighted by Crippen LogP contribution is 2.43. The zero-order valence-corrected chi connectivity index (χ0v) is 26.6. The Morgan fingerprint density at radius 2 is 1.62 bits per heavy atom. The number of para-hydroxylation sites is 1. The fraction of sp³-hybridized carbons (Fsp3) is 0.229. The number of alkyl halides is 3. The van der Waals surface area contributed by atoms with E-state index in [1.165, 1.54) is 39.9 Å². The standard InChI is InChI=1S/C35H32F4N6O5/c1-2-44-33-30(26(43-45(33)25-9-4-3-5-10-25)20-41-28(48)16-15-27(47)40-17-18-46)29(21-11-13-24(36)14-12-21)31(34(44)50)42-32(49)22-7-6-8-23(19-22)35(37,38)39/h3-16,19,29,31,46H,2,17-18,20H2,1H3,(H,40,47)(H,41,48)(H,42,49)/b16-15+/t29-,31-/m0/s1. The van der Waals surface area contributed by atoms with Crippen molar-refractivity contribution in [1.82, 2.24) is 25.7 Å². The molecule has 5 rings (SSSR count). The molecule has 4 aromatic rings. The Hall–Kier alpha value is -5.83. The number of amides is 4. The number of rotatable bonds is 11. The number of anilines is 1. The maximum absolute atomic E-state index is 14.3. The van der Waals surface area contributed by atoms with Crippen LogP contribution < -0.4 is 20.9 Å². The van der Waals surface area contributed by atoms with Crippen LogP contribution in [0, 0.1) is 5.82 Å². The molecule has 260 valence electrons. The van der Waals surface area contributed by atoms with Gasteiger partial charge in [-0.05, 0) is 55.0 Å². The summed E-state index contributed by atoms with van der Waals surface area (Å²) in [7, 11) is 0. The number of halogens is 4. The maximum atomic E-state index is 14.3. The van der Waals surface area contributed by atoms with E-state index in [2.05, 4.69) is 16.0 Å². The molecule has 1 aromatic heterocycles. The van der Waals surface area contributed by atoms with Crippen molar-refractivity contribution in [3.8, 4) is 5.69 Å². The van der Waals surface area contributed by atoms with Crippen molar-refractivity contribution in [2.75, 3.05) is 24.6 Å². The Balaban J connectivity index is 1.62. The quantitative estimate of drug-likeness (QED) is 0.140. The molecule has 0 radical (unpaired) electrons. The summed E-state index contributed by atoms with van der Waals surface area (Å²) >= 11 is 0. The fourth-order valence-electron chi connectivity index (χ4n) is 5.67. The van der Waals surface area contributed by atoms with Gasteiger partial charge in [-0.15, -0.1) is 0 Å². The summed E-state index contributed by atoms with van der Waals surface area (Å²) in [6.07, 6.45) is -2.74. The number of aromatic nitrogens is 2. The topological polar surface area (TPSA) is 146 Å². The number of aliphatic hydroxyl groups is 1. The highest BCUT2D eigenvalue weighted by molar-refractivity contribution is 6.05. The Morgan fingerprint density at radius 3 is 2.26 bits per heavy atom. The summed E-state index contributed by atoms with van der Waals surface area (Å²) < 4.78 is 56.1. The average Bonchev–Trinajstić information content (AvgIpc) is 3.48. The number of hydrogen-bond donors (Lipinski definition) is 4. The van der Waals surface area contributed by atoms with Gasteiger partial charge in [0, 0.05) is 42.3 Å². The van der Waals surface area contributed by atoms with Crippen LogP contribution in [0.15, 0.2) is 91.0 Å². The van der Waals surface area contributed by atoms with E-state index in [4.69, 9.17) is 10.2 Å². The van der Waals surface area contributed by atoms with Crippen molar-refractivity contribution in [2.45, 2.75) is 31.6 Å². The number of carbonyl (C=O) groups excluding carboxylic acids is 4. The molecule has 0 bridgehead atoms. The van der Waals surface area contributed by atoms with Gasteiger partial charge >= 0.3 is 6.18 Å². The lowest BCUT2D eigenvalue weighted by Crippen LogP contribution is -2.55. The normalized spacial score (nSPS) is 15.9. The highest BCUT2D eigenvalue weighted by Gasteiger charge is 2.46. The van der Waals surface area contributed by atoms with E-state index in [1.54, 1.807) is 37.3 Å². The van der Waals surface area contributed by atoms with E-state index < -0.39 is 53.1 Å². The van der Waals surface area contributed by atoms with Crippen molar-refractivity contribution in [3.05, 3.63) is 125 Å². The van der Waals surface area contributed by atoms with Gasteiger partial charge in [0.15, 0.2) is 0 Å². The fourth-order valence-corrected chi connectivity index (χ4v) is 5.67. The van der Waals surface area contributed by atoms with Crippen LogP contribution in [0.2, 0.25) is 0 Å². The second-order valence-electron chi connectivity index (χ2n) is 11.1. The first-order valence-electron chi connectivity index (χ1n) is 15.5. The third-order valence-electron chi connectivity index (χ3n) is 7.92. The van der Waals surface area contributed by atoms with Crippen LogP contribution in [-0.2, 0) is 27.1 Å². The van der Waals surface area contributed by atoms with Crippen LogP contribution in [-0.4, -0.2) is 64.3 Å². The molecule has 2 heterocycles. The van der Waals surface area contributed by atoms with E-state index >= 15 is 0 Å². The maximum Gasteiger partial charge on any atom is 0.416 e. The molecule has 0 fully saturated rings. The van der Waals surface area contributed by atoms with Gasteiger partial charge in [0.05, 0.1) is 30.1 Å². The van der Waals surface area contributed by atoms with Gasteiger partial charge in [0.1, 0.15) is 17.7 Å². The smallest absolute Gasteiger partial charge is 0.395 e. The van der Waals surface area contributed by atoms with E-state index in [0.717, 1.165) is 24.3 Å². The molecule has 4 N–H and O–H groups in total.